The van der Waals surface area contributed by atoms with Crippen LogP contribution in [0.25, 0.3) is 0 Å². The molecule has 1 aliphatic rings. The van der Waals surface area contributed by atoms with Gasteiger partial charge < -0.3 is 9.64 Å². The first-order valence-corrected chi connectivity index (χ1v) is 6.63. The number of pyridine rings is 1. The number of nitrogens with zero attached hydrogens (tertiary/aromatic N) is 2. The first kappa shape index (κ1) is 11.9. The van der Waals surface area contributed by atoms with Crippen LogP contribution in [0.2, 0.25) is 0 Å². The smallest absolute Gasteiger partial charge is 0.128 e. The van der Waals surface area contributed by atoms with Crippen molar-refractivity contribution in [3.8, 4) is 0 Å². The molecule has 1 saturated heterocycles. The molecule has 2 heterocycles. The molecule has 1 fully saturated rings. The molecule has 0 aliphatic carbocycles. The Labute approximate surface area is 105 Å². The molecule has 1 aromatic rings. The van der Waals surface area contributed by atoms with Gasteiger partial charge in [0.15, 0.2) is 0 Å². The minimum absolute atomic E-state index is 0.117. The van der Waals surface area contributed by atoms with Gasteiger partial charge in [-0.3, -0.25) is 0 Å². The van der Waals surface area contributed by atoms with Gasteiger partial charge in [0, 0.05) is 24.6 Å². The summed E-state index contributed by atoms with van der Waals surface area (Å²) >= 11 is 3.49. The van der Waals surface area contributed by atoms with Gasteiger partial charge in [0.05, 0.1) is 11.7 Å². The SMILES string of the molecule is CC1(C)CN(c2ccccn2)CC(CBr)O1. The highest BCUT2D eigenvalue weighted by atomic mass is 79.9. The molecule has 1 unspecified atom stereocenters. The van der Waals surface area contributed by atoms with E-state index in [0.717, 1.165) is 24.2 Å². The Bertz CT molecular complexity index is 342. The van der Waals surface area contributed by atoms with Crippen LogP contribution in [0.1, 0.15) is 13.8 Å². The summed E-state index contributed by atoms with van der Waals surface area (Å²) in [6, 6.07) is 6.01. The van der Waals surface area contributed by atoms with Crippen molar-refractivity contribution in [1.29, 1.82) is 0 Å². The zero-order valence-corrected chi connectivity index (χ0v) is 11.3. The van der Waals surface area contributed by atoms with Crippen LogP contribution in [-0.4, -0.2) is 35.1 Å². The molecule has 0 saturated carbocycles. The van der Waals surface area contributed by atoms with E-state index in [1.54, 1.807) is 0 Å². The summed E-state index contributed by atoms with van der Waals surface area (Å²) < 4.78 is 5.96. The van der Waals surface area contributed by atoms with E-state index in [1.807, 2.05) is 24.4 Å². The van der Waals surface area contributed by atoms with Gasteiger partial charge in [0.1, 0.15) is 5.82 Å². The lowest BCUT2D eigenvalue weighted by Crippen LogP contribution is -2.53. The number of anilines is 1. The summed E-state index contributed by atoms with van der Waals surface area (Å²) in [6.07, 6.45) is 2.06. The van der Waals surface area contributed by atoms with Crippen molar-refractivity contribution in [3.63, 3.8) is 0 Å². The fraction of sp³-hybridized carbons (Fsp3) is 0.583. The van der Waals surface area contributed by atoms with Crippen molar-refractivity contribution >= 4 is 21.7 Å². The Balaban J connectivity index is 2.16. The summed E-state index contributed by atoms with van der Waals surface area (Å²) in [7, 11) is 0. The molecular formula is C12H17BrN2O. The molecule has 4 heteroatoms. The van der Waals surface area contributed by atoms with Crippen LogP contribution in [0, 0.1) is 0 Å². The van der Waals surface area contributed by atoms with Crippen LogP contribution >= 0.6 is 15.9 Å². The molecule has 1 atom stereocenters. The van der Waals surface area contributed by atoms with Crippen molar-refractivity contribution in [2.45, 2.75) is 25.6 Å². The minimum atomic E-state index is -0.117. The first-order chi connectivity index (χ1) is 7.61. The normalized spacial score (nSPS) is 24.4. The van der Waals surface area contributed by atoms with Crippen molar-refractivity contribution in [3.05, 3.63) is 24.4 Å². The Morgan fingerprint density at radius 1 is 1.56 bits per heavy atom. The number of alkyl halides is 1. The fourth-order valence-corrected chi connectivity index (χ4v) is 2.43. The van der Waals surface area contributed by atoms with E-state index in [0.29, 0.717) is 0 Å². The summed E-state index contributed by atoms with van der Waals surface area (Å²) in [5, 5.41) is 0.861. The predicted octanol–water partition coefficient (Wildman–Crippen LogP) is 2.46. The molecule has 0 radical (unpaired) electrons. The number of morpholine rings is 1. The minimum Gasteiger partial charge on any atom is -0.368 e. The van der Waals surface area contributed by atoms with Crippen LogP contribution in [0.15, 0.2) is 24.4 Å². The largest absolute Gasteiger partial charge is 0.368 e. The van der Waals surface area contributed by atoms with E-state index < -0.39 is 0 Å². The van der Waals surface area contributed by atoms with E-state index in [4.69, 9.17) is 4.74 Å². The zero-order valence-electron chi connectivity index (χ0n) is 9.69. The lowest BCUT2D eigenvalue weighted by Gasteiger charge is -2.42. The third-order valence-corrected chi connectivity index (χ3v) is 3.35. The van der Waals surface area contributed by atoms with E-state index >= 15 is 0 Å². The Kier molecular flexibility index (Phi) is 3.50. The van der Waals surface area contributed by atoms with Gasteiger partial charge in [0.2, 0.25) is 0 Å². The number of halogens is 1. The maximum Gasteiger partial charge on any atom is 0.128 e. The van der Waals surface area contributed by atoms with Crippen molar-refractivity contribution < 1.29 is 4.74 Å². The summed E-state index contributed by atoms with van der Waals surface area (Å²) in [5.74, 6) is 1.03. The molecule has 3 nitrogen and oxygen atoms in total. The number of hydrogen-bond acceptors (Lipinski definition) is 3. The molecular weight excluding hydrogens is 268 g/mol. The number of aromatic nitrogens is 1. The molecule has 0 aromatic carbocycles. The average molecular weight is 285 g/mol. The lowest BCUT2D eigenvalue weighted by molar-refractivity contribution is -0.0725. The predicted molar refractivity (Wildman–Crippen MR) is 69.2 cm³/mol. The second-order valence-electron chi connectivity index (χ2n) is 4.72. The lowest BCUT2D eigenvalue weighted by atomic mass is 10.1. The van der Waals surface area contributed by atoms with Gasteiger partial charge in [0.25, 0.3) is 0 Å². The average Bonchev–Trinajstić information content (AvgIpc) is 2.28. The molecule has 0 bridgehead atoms. The highest BCUT2D eigenvalue weighted by Gasteiger charge is 2.33. The van der Waals surface area contributed by atoms with E-state index in [1.165, 1.54) is 0 Å². The summed E-state index contributed by atoms with van der Waals surface area (Å²) in [4.78, 5) is 6.68. The molecule has 2 rings (SSSR count). The van der Waals surface area contributed by atoms with Crippen LogP contribution < -0.4 is 4.90 Å². The van der Waals surface area contributed by atoms with Gasteiger partial charge in [-0.15, -0.1) is 0 Å². The fourth-order valence-electron chi connectivity index (χ4n) is 2.09. The standard InChI is InChI=1S/C12H17BrN2O/c1-12(2)9-15(8-10(7-13)16-12)11-5-3-4-6-14-11/h3-6,10H,7-9H2,1-2H3. The van der Waals surface area contributed by atoms with Crippen molar-refractivity contribution in [2.75, 3.05) is 23.3 Å². The first-order valence-electron chi connectivity index (χ1n) is 5.50. The van der Waals surface area contributed by atoms with E-state index in [9.17, 15) is 0 Å². The molecule has 0 amide bonds. The zero-order chi connectivity index (χ0) is 11.6. The maximum atomic E-state index is 5.96. The molecule has 88 valence electrons. The second-order valence-corrected chi connectivity index (χ2v) is 5.37. The quantitative estimate of drug-likeness (QED) is 0.780. The Morgan fingerprint density at radius 2 is 2.38 bits per heavy atom. The Morgan fingerprint density at radius 3 is 3.00 bits per heavy atom. The summed E-state index contributed by atoms with van der Waals surface area (Å²) in [5.41, 5.74) is -0.117. The monoisotopic (exact) mass is 284 g/mol. The van der Waals surface area contributed by atoms with Crippen LogP contribution in [0.4, 0.5) is 5.82 Å². The topological polar surface area (TPSA) is 25.4 Å². The third-order valence-electron chi connectivity index (χ3n) is 2.63. The third kappa shape index (κ3) is 2.74. The number of ether oxygens (including phenoxy) is 1. The van der Waals surface area contributed by atoms with Crippen LogP contribution in [-0.2, 0) is 4.74 Å². The molecule has 1 aromatic heterocycles. The van der Waals surface area contributed by atoms with Crippen molar-refractivity contribution in [2.24, 2.45) is 0 Å². The highest BCUT2D eigenvalue weighted by molar-refractivity contribution is 9.09. The van der Waals surface area contributed by atoms with E-state index in [-0.39, 0.29) is 11.7 Å². The number of rotatable bonds is 2. The van der Waals surface area contributed by atoms with Crippen molar-refractivity contribution in [1.82, 2.24) is 4.98 Å². The van der Waals surface area contributed by atoms with Crippen LogP contribution in [0.3, 0.4) is 0 Å². The van der Waals surface area contributed by atoms with Gasteiger partial charge in [-0.1, -0.05) is 22.0 Å². The molecule has 0 N–H and O–H groups in total. The molecule has 16 heavy (non-hydrogen) atoms. The summed E-state index contributed by atoms with van der Waals surface area (Å²) in [6.45, 7) is 6.02. The van der Waals surface area contributed by atoms with Gasteiger partial charge in [-0.2, -0.15) is 0 Å². The molecule has 0 spiro atoms. The van der Waals surface area contributed by atoms with Crippen LogP contribution in [0.5, 0.6) is 0 Å². The highest BCUT2D eigenvalue weighted by Crippen LogP contribution is 2.25. The molecule has 1 aliphatic heterocycles. The van der Waals surface area contributed by atoms with Gasteiger partial charge >= 0.3 is 0 Å². The van der Waals surface area contributed by atoms with E-state index in [2.05, 4.69) is 39.7 Å². The van der Waals surface area contributed by atoms with Gasteiger partial charge in [-0.05, 0) is 26.0 Å². The number of hydrogen-bond donors (Lipinski definition) is 0. The maximum absolute atomic E-state index is 5.96. The second kappa shape index (κ2) is 4.72. The Hall–Kier alpha value is -0.610. The van der Waals surface area contributed by atoms with Gasteiger partial charge in [-0.25, -0.2) is 4.98 Å².